The monoisotopic (exact) mass is 559 g/mol. The highest BCUT2D eigenvalue weighted by molar-refractivity contribution is 8.01. The number of benzene rings is 1. The van der Waals surface area contributed by atoms with Crippen LogP contribution in [-0.2, 0) is 4.79 Å². The van der Waals surface area contributed by atoms with Gasteiger partial charge in [0.05, 0.1) is 24.6 Å². The van der Waals surface area contributed by atoms with Gasteiger partial charge in [0, 0.05) is 42.0 Å². The summed E-state index contributed by atoms with van der Waals surface area (Å²) in [5.74, 6) is 0.524. The molecule has 2 aromatic heterocycles. The minimum absolute atomic E-state index is 0. The molecule has 35 heavy (non-hydrogen) atoms. The second-order valence-corrected chi connectivity index (χ2v) is 10.6. The topological polar surface area (TPSA) is 95.8 Å². The number of aliphatic hydroxyl groups excluding tert-OH is 1. The van der Waals surface area contributed by atoms with E-state index in [2.05, 4.69) is 14.9 Å². The number of likely N-dealkylation sites (tertiary alicyclic amines) is 1. The van der Waals surface area contributed by atoms with E-state index in [1.165, 1.54) is 0 Å². The molecule has 3 aromatic rings. The van der Waals surface area contributed by atoms with Crippen LogP contribution in [0.3, 0.4) is 0 Å². The summed E-state index contributed by atoms with van der Waals surface area (Å²) in [5.41, 5.74) is 1.61. The SMILES string of the molecule is COc1ccc2nccc(C(O)CC[C@@H]3CCN(CCSc4nccs4)C[C@@H]3C(=O)O)c2c1.Cl.Cl. The molecule has 1 aromatic carbocycles. The van der Waals surface area contributed by atoms with Gasteiger partial charge >= 0.3 is 5.97 Å². The second kappa shape index (κ2) is 14.2. The van der Waals surface area contributed by atoms with Crippen LogP contribution in [0, 0.1) is 11.8 Å². The Morgan fingerprint density at radius 1 is 1.29 bits per heavy atom. The van der Waals surface area contributed by atoms with Gasteiger partial charge in [-0.3, -0.25) is 9.78 Å². The van der Waals surface area contributed by atoms with Crippen LogP contribution in [0.4, 0.5) is 0 Å². The van der Waals surface area contributed by atoms with Gasteiger partial charge in [-0.25, -0.2) is 4.98 Å². The molecule has 0 radical (unpaired) electrons. The Morgan fingerprint density at radius 3 is 2.83 bits per heavy atom. The molecule has 4 rings (SSSR count). The molecule has 1 aliphatic rings. The average molecular weight is 561 g/mol. The lowest BCUT2D eigenvalue weighted by Crippen LogP contribution is -2.44. The second-order valence-electron chi connectivity index (χ2n) is 8.32. The third-order valence-corrected chi connectivity index (χ3v) is 8.30. The molecular formula is C24H31Cl2N3O4S2. The van der Waals surface area contributed by atoms with Gasteiger partial charge < -0.3 is 19.8 Å². The molecule has 1 fully saturated rings. The molecule has 1 aliphatic heterocycles. The fourth-order valence-corrected chi connectivity index (χ4v) is 6.24. The zero-order chi connectivity index (χ0) is 23.2. The maximum Gasteiger partial charge on any atom is 0.308 e. The van der Waals surface area contributed by atoms with Crippen LogP contribution in [0.5, 0.6) is 5.75 Å². The van der Waals surface area contributed by atoms with E-state index in [1.807, 2.05) is 29.6 Å². The number of methoxy groups -OCH3 is 1. The Hall–Kier alpha value is -1.62. The van der Waals surface area contributed by atoms with Crippen molar-refractivity contribution in [1.29, 1.82) is 0 Å². The third kappa shape index (κ3) is 7.68. The average Bonchev–Trinajstić information content (AvgIpc) is 3.35. The smallest absolute Gasteiger partial charge is 0.308 e. The van der Waals surface area contributed by atoms with Gasteiger partial charge in [0.1, 0.15) is 10.1 Å². The summed E-state index contributed by atoms with van der Waals surface area (Å²) < 4.78 is 6.38. The molecule has 7 nitrogen and oxygen atoms in total. The molecule has 0 saturated carbocycles. The van der Waals surface area contributed by atoms with Gasteiger partial charge in [-0.1, -0.05) is 11.8 Å². The van der Waals surface area contributed by atoms with Gasteiger partial charge in [0.2, 0.25) is 0 Å². The maximum absolute atomic E-state index is 12.0. The van der Waals surface area contributed by atoms with Crippen molar-refractivity contribution in [2.75, 3.05) is 32.5 Å². The molecule has 3 atom stereocenters. The number of carbonyl (C=O) groups is 1. The van der Waals surface area contributed by atoms with E-state index < -0.39 is 18.0 Å². The summed E-state index contributed by atoms with van der Waals surface area (Å²) in [6.07, 6.45) is 4.85. The van der Waals surface area contributed by atoms with Crippen LogP contribution < -0.4 is 4.74 Å². The number of aliphatic carboxylic acids is 1. The van der Waals surface area contributed by atoms with E-state index in [0.717, 1.165) is 51.8 Å². The number of rotatable bonds is 10. The number of pyridine rings is 1. The number of piperidine rings is 1. The van der Waals surface area contributed by atoms with Crippen LogP contribution in [0.25, 0.3) is 10.9 Å². The lowest BCUT2D eigenvalue weighted by molar-refractivity contribution is -0.146. The molecule has 0 amide bonds. The molecule has 0 aliphatic carbocycles. The first kappa shape index (κ1) is 29.6. The van der Waals surface area contributed by atoms with E-state index in [4.69, 9.17) is 4.74 Å². The summed E-state index contributed by atoms with van der Waals surface area (Å²) in [4.78, 5) is 22.9. The van der Waals surface area contributed by atoms with Crippen molar-refractivity contribution in [2.24, 2.45) is 11.8 Å². The minimum atomic E-state index is -0.745. The van der Waals surface area contributed by atoms with Gasteiger partial charge in [0.25, 0.3) is 0 Å². The number of halogens is 2. The number of nitrogens with zero attached hydrogens (tertiary/aromatic N) is 3. The van der Waals surface area contributed by atoms with E-state index in [-0.39, 0.29) is 30.7 Å². The highest BCUT2D eigenvalue weighted by Crippen LogP contribution is 2.34. The number of thioether (sulfide) groups is 1. The van der Waals surface area contributed by atoms with Crippen LogP contribution in [0.15, 0.2) is 46.4 Å². The Labute approximate surface area is 226 Å². The van der Waals surface area contributed by atoms with Crippen molar-refractivity contribution in [3.8, 4) is 5.75 Å². The van der Waals surface area contributed by atoms with Gasteiger partial charge in [0.15, 0.2) is 0 Å². The number of hydrogen-bond donors (Lipinski definition) is 2. The van der Waals surface area contributed by atoms with E-state index >= 15 is 0 Å². The molecule has 0 spiro atoms. The lowest BCUT2D eigenvalue weighted by Gasteiger charge is -2.36. The van der Waals surface area contributed by atoms with Crippen molar-refractivity contribution in [1.82, 2.24) is 14.9 Å². The maximum atomic E-state index is 12.0. The van der Waals surface area contributed by atoms with Crippen molar-refractivity contribution < 1.29 is 19.7 Å². The number of aliphatic hydroxyl groups is 1. The molecule has 192 valence electrons. The van der Waals surface area contributed by atoms with Gasteiger partial charge in [-0.2, -0.15) is 0 Å². The van der Waals surface area contributed by atoms with Crippen LogP contribution in [0.1, 0.15) is 30.9 Å². The largest absolute Gasteiger partial charge is 0.497 e. The van der Waals surface area contributed by atoms with Gasteiger partial charge in [-0.15, -0.1) is 36.2 Å². The Kier molecular flexibility index (Phi) is 12.0. The predicted molar refractivity (Wildman–Crippen MR) is 145 cm³/mol. The molecule has 1 unspecified atom stereocenters. The number of carboxylic acids is 1. The first-order chi connectivity index (χ1) is 16.0. The summed E-state index contributed by atoms with van der Waals surface area (Å²) in [7, 11) is 1.61. The molecule has 2 N–H and O–H groups in total. The van der Waals surface area contributed by atoms with Gasteiger partial charge in [-0.05, 0) is 61.6 Å². The Morgan fingerprint density at radius 2 is 2.11 bits per heavy atom. The zero-order valence-electron chi connectivity index (χ0n) is 19.4. The lowest BCUT2D eigenvalue weighted by atomic mass is 9.81. The Bertz CT molecular complexity index is 1070. The summed E-state index contributed by atoms with van der Waals surface area (Å²) in [6.45, 7) is 2.30. The normalized spacial score (nSPS) is 18.9. The summed E-state index contributed by atoms with van der Waals surface area (Å²) >= 11 is 3.35. The fraction of sp³-hybridized carbons (Fsp3) is 0.458. The predicted octanol–water partition coefficient (Wildman–Crippen LogP) is 5.17. The highest BCUT2D eigenvalue weighted by atomic mass is 35.5. The number of carboxylic acid groups (broad SMARTS) is 1. The van der Waals surface area contributed by atoms with E-state index in [9.17, 15) is 15.0 Å². The minimum Gasteiger partial charge on any atom is -0.497 e. The van der Waals surface area contributed by atoms with E-state index in [1.54, 1.807) is 42.6 Å². The molecule has 3 heterocycles. The highest BCUT2D eigenvalue weighted by Gasteiger charge is 2.34. The number of hydrogen-bond acceptors (Lipinski definition) is 8. The first-order valence-corrected chi connectivity index (χ1v) is 13.0. The van der Waals surface area contributed by atoms with Crippen molar-refractivity contribution in [2.45, 2.75) is 29.7 Å². The van der Waals surface area contributed by atoms with Crippen molar-refractivity contribution >= 4 is 64.8 Å². The zero-order valence-corrected chi connectivity index (χ0v) is 22.7. The van der Waals surface area contributed by atoms with E-state index in [0.29, 0.717) is 19.4 Å². The van der Waals surface area contributed by atoms with Crippen LogP contribution >= 0.6 is 47.9 Å². The van der Waals surface area contributed by atoms with Crippen LogP contribution in [0.2, 0.25) is 0 Å². The number of thiazole rings is 1. The summed E-state index contributed by atoms with van der Waals surface area (Å²) in [5, 5.41) is 23.7. The molecule has 11 heteroatoms. The summed E-state index contributed by atoms with van der Waals surface area (Å²) in [6, 6.07) is 7.46. The fourth-order valence-electron chi connectivity index (χ4n) is 4.53. The third-order valence-electron chi connectivity index (χ3n) is 6.35. The van der Waals surface area contributed by atoms with Crippen molar-refractivity contribution in [3.05, 3.63) is 47.6 Å². The molecule has 1 saturated heterocycles. The number of fused-ring (bicyclic) bond motifs is 1. The molecular weight excluding hydrogens is 529 g/mol. The first-order valence-electron chi connectivity index (χ1n) is 11.1. The quantitative estimate of drug-likeness (QED) is 0.328. The standard InChI is InChI=1S/C24H29N3O4S2.2ClH/c1-31-17-3-4-21-19(14-17)18(6-8-25-21)22(28)5-2-16-7-10-27(15-20(16)23(29)30)11-13-33-24-26-9-12-32-24;;/h3-4,6,8-9,12,14,16,20,22,28H,2,5,7,10-11,13,15H2,1H3,(H,29,30);2*1H/t16-,20+,22?;;/m1../s1. The Balaban J connectivity index is 0.00000216. The number of aromatic nitrogens is 2. The van der Waals surface area contributed by atoms with Crippen molar-refractivity contribution in [3.63, 3.8) is 0 Å². The van der Waals surface area contributed by atoms with Crippen LogP contribution in [-0.4, -0.2) is 63.5 Å². The number of ether oxygens (including phenoxy) is 1. The molecule has 0 bridgehead atoms.